The van der Waals surface area contributed by atoms with Gasteiger partial charge in [-0.2, -0.15) is 0 Å². The SMILES string of the molecule is Cn1nnnc1-c1cccc(NC(=O)Cc2ccc(NS(=O)(=O)c3cccs3)cc2)c1. The molecule has 0 fully saturated rings. The molecule has 0 saturated heterocycles. The van der Waals surface area contributed by atoms with Crippen molar-refractivity contribution < 1.29 is 13.2 Å². The van der Waals surface area contributed by atoms with Gasteiger partial charge in [0, 0.05) is 24.0 Å². The highest BCUT2D eigenvalue weighted by Crippen LogP contribution is 2.22. The van der Waals surface area contributed by atoms with Crippen molar-refractivity contribution in [3.8, 4) is 11.4 Å². The molecule has 0 aliphatic rings. The normalized spacial score (nSPS) is 11.3. The third-order valence-electron chi connectivity index (χ3n) is 4.36. The fourth-order valence-corrected chi connectivity index (χ4v) is 4.96. The van der Waals surface area contributed by atoms with Crippen LogP contribution in [0, 0.1) is 0 Å². The van der Waals surface area contributed by atoms with Gasteiger partial charge in [0.25, 0.3) is 10.0 Å². The van der Waals surface area contributed by atoms with Gasteiger partial charge in [-0.15, -0.1) is 16.4 Å². The Morgan fingerprint density at radius 3 is 2.55 bits per heavy atom. The highest BCUT2D eigenvalue weighted by molar-refractivity contribution is 7.94. The second kappa shape index (κ2) is 8.66. The monoisotopic (exact) mass is 454 g/mol. The van der Waals surface area contributed by atoms with E-state index in [4.69, 9.17) is 0 Å². The van der Waals surface area contributed by atoms with Crippen LogP contribution in [-0.2, 0) is 28.3 Å². The summed E-state index contributed by atoms with van der Waals surface area (Å²) in [4.78, 5) is 12.4. The van der Waals surface area contributed by atoms with E-state index in [1.54, 1.807) is 65.6 Å². The number of nitrogens with zero attached hydrogens (tertiary/aromatic N) is 4. The Labute approximate surface area is 182 Å². The van der Waals surface area contributed by atoms with Crippen LogP contribution < -0.4 is 10.0 Å². The van der Waals surface area contributed by atoms with Crippen molar-refractivity contribution in [1.29, 1.82) is 0 Å². The Balaban J connectivity index is 1.39. The average Bonchev–Trinajstić information content (AvgIpc) is 3.42. The lowest BCUT2D eigenvalue weighted by molar-refractivity contribution is -0.115. The Kier molecular flexibility index (Phi) is 5.78. The van der Waals surface area contributed by atoms with Crippen molar-refractivity contribution in [2.45, 2.75) is 10.6 Å². The quantitative estimate of drug-likeness (QED) is 0.443. The van der Waals surface area contributed by atoms with E-state index in [2.05, 4.69) is 25.6 Å². The zero-order valence-corrected chi connectivity index (χ0v) is 18.0. The fraction of sp³-hybridized carbons (Fsp3) is 0.100. The molecule has 0 aliphatic carbocycles. The molecule has 2 N–H and O–H groups in total. The Bertz CT molecular complexity index is 1300. The van der Waals surface area contributed by atoms with Crippen LogP contribution in [0.25, 0.3) is 11.4 Å². The van der Waals surface area contributed by atoms with Gasteiger partial charge in [0.05, 0.1) is 6.42 Å². The van der Waals surface area contributed by atoms with Gasteiger partial charge in [0.2, 0.25) is 5.91 Å². The van der Waals surface area contributed by atoms with Gasteiger partial charge in [0.15, 0.2) is 5.82 Å². The molecule has 2 aromatic carbocycles. The maximum absolute atomic E-state index is 12.4. The maximum Gasteiger partial charge on any atom is 0.271 e. The van der Waals surface area contributed by atoms with Gasteiger partial charge in [-0.05, 0) is 51.7 Å². The molecule has 9 nitrogen and oxygen atoms in total. The molecule has 0 radical (unpaired) electrons. The molecular formula is C20H18N6O3S2. The lowest BCUT2D eigenvalue weighted by Gasteiger charge is -2.09. The Hall–Kier alpha value is -3.57. The molecule has 31 heavy (non-hydrogen) atoms. The van der Waals surface area contributed by atoms with Crippen molar-refractivity contribution in [1.82, 2.24) is 20.2 Å². The van der Waals surface area contributed by atoms with E-state index in [9.17, 15) is 13.2 Å². The van der Waals surface area contributed by atoms with Gasteiger partial charge in [-0.1, -0.05) is 30.3 Å². The Morgan fingerprint density at radius 1 is 1.06 bits per heavy atom. The highest BCUT2D eigenvalue weighted by atomic mass is 32.2. The summed E-state index contributed by atoms with van der Waals surface area (Å²) in [5.74, 6) is 0.400. The topological polar surface area (TPSA) is 119 Å². The van der Waals surface area contributed by atoms with Crippen LogP contribution >= 0.6 is 11.3 Å². The predicted octanol–water partition coefficient (Wildman–Crippen LogP) is 2.92. The number of tetrazole rings is 1. The summed E-state index contributed by atoms with van der Waals surface area (Å²) in [6.45, 7) is 0. The molecule has 158 valence electrons. The van der Waals surface area contributed by atoms with Gasteiger partial charge >= 0.3 is 0 Å². The smallest absolute Gasteiger partial charge is 0.271 e. The zero-order valence-electron chi connectivity index (χ0n) is 16.4. The van der Waals surface area contributed by atoms with E-state index in [0.717, 1.165) is 22.5 Å². The first kappa shape index (κ1) is 20.7. The number of amides is 1. The van der Waals surface area contributed by atoms with Crippen LogP contribution in [0.1, 0.15) is 5.56 Å². The van der Waals surface area contributed by atoms with Crippen molar-refractivity contribution in [2.24, 2.45) is 7.05 Å². The number of carbonyl (C=O) groups excluding carboxylic acids is 1. The van der Waals surface area contributed by atoms with Crippen molar-refractivity contribution >= 4 is 38.6 Å². The fourth-order valence-electron chi connectivity index (χ4n) is 2.91. The van der Waals surface area contributed by atoms with Gasteiger partial charge < -0.3 is 5.32 Å². The van der Waals surface area contributed by atoms with E-state index in [1.165, 1.54) is 0 Å². The number of carbonyl (C=O) groups is 1. The molecule has 4 aromatic rings. The first-order valence-corrected chi connectivity index (χ1v) is 11.5. The summed E-state index contributed by atoms with van der Waals surface area (Å²) in [6, 6.07) is 17.2. The number of aryl methyl sites for hydroxylation is 1. The van der Waals surface area contributed by atoms with Gasteiger partial charge in [-0.25, -0.2) is 13.1 Å². The van der Waals surface area contributed by atoms with Crippen molar-refractivity contribution in [3.05, 3.63) is 71.6 Å². The number of rotatable bonds is 7. The van der Waals surface area contributed by atoms with Gasteiger partial charge in [0.1, 0.15) is 4.21 Å². The molecule has 11 heteroatoms. The number of hydrogen-bond acceptors (Lipinski definition) is 7. The summed E-state index contributed by atoms with van der Waals surface area (Å²) in [6.07, 6.45) is 0.147. The third-order valence-corrected chi connectivity index (χ3v) is 7.13. The minimum Gasteiger partial charge on any atom is -0.326 e. The van der Waals surface area contributed by atoms with Crippen LogP contribution in [0.15, 0.2) is 70.3 Å². The summed E-state index contributed by atoms with van der Waals surface area (Å²) >= 11 is 1.15. The van der Waals surface area contributed by atoms with E-state index >= 15 is 0 Å². The molecule has 0 atom stereocenters. The molecule has 0 spiro atoms. The number of sulfonamides is 1. The minimum absolute atomic E-state index is 0.147. The molecule has 0 unspecified atom stereocenters. The molecule has 1 amide bonds. The summed E-state index contributed by atoms with van der Waals surface area (Å²) in [5, 5.41) is 16.0. The molecule has 2 heterocycles. The lowest BCUT2D eigenvalue weighted by atomic mass is 10.1. The first-order valence-electron chi connectivity index (χ1n) is 9.19. The molecule has 4 rings (SSSR count). The van der Waals surface area contributed by atoms with E-state index < -0.39 is 10.0 Å². The first-order chi connectivity index (χ1) is 14.9. The molecule has 0 saturated carbocycles. The maximum atomic E-state index is 12.4. The second-order valence-electron chi connectivity index (χ2n) is 6.67. The van der Waals surface area contributed by atoms with E-state index in [-0.39, 0.29) is 16.5 Å². The number of anilines is 2. The van der Waals surface area contributed by atoms with Crippen LogP contribution in [0.2, 0.25) is 0 Å². The summed E-state index contributed by atoms with van der Waals surface area (Å²) < 4.78 is 28.9. The number of hydrogen-bond donors (Lipinski definition) is 2. The van der Waals surface area contributed by atoms with E-state index in [0.29, 0.717) is 17.2 Å². The van der Waals surface area contributed by atoms with Crippen molar-refractivity contribution in [2.75, 3.05) is 10.0 Å². The average molecular weight is 455 g/mol. The number of aromatic nitrogens is 4. The van der Waals surface area contributed by atoms with Crippen LogP contribution in [0.5, 0.6) is 0 Å². The van der Waals surface area contributed by atoms with Crippen LogP contribution in [0.3, 0.4) is 0 Å². The lowest BCUT2D eigenvalue weighted by Crippen LogP contribution is -2.15. The number of thiophene rings is 1. The largest absolute Gasteiger partial charge is 0.326 e. The van der Waals surface area contributed by atoms with Crippen LogP contribution in [-0.4, -0.2) is 34.5 Å². The van der Waals surface area contributed by atoms with Gasteiger partial charge in [-0.3, -0.25) is 9.52 Å². The molecule has 2 aromatic heterocycles. The predicted molar refractivity (Wildman–Crippen MR) is 118 cm³/mol. The van der Waals surface area contributed by atoms with Crippen molar-refractivity contribution in [3.63, 3.8) is 0 Å². The standard InChI is InChI=1S/C20H18N6O3S2/c1-26-20(22-24-25-26)15-4-2-5-17(13-15)21-18(27)12-14-7-9-16(10-8-14)23-31(28,29)19-6-3-11-30-19/h2-11,13,23H,12H2,1H3,(H,21,27). The highest BCUT2D eigenvalue weighted by Gasteiger charge is 2.15. The number of benzene rings is 2. The zero-order chi connectivity index (χ0) is 21.8. The molecular weight excluding hydrogens is 436 g/mol. The number of nitrogens with one attached hydrogen (secondary N) is 2. The molecule has 0 bridgehead atoms. The summed E-state index contributed by atoms with van der Waals surface area (Å²) in [5.41, 5.74) is 2.60. The molecule has 0 aliphatic heterocycles. The third kappa shape index (κ3) is 4.95. The summed E-state index contributed by atoms with van der Waals surface area (Å²) in [7, 11) is -1.86. The minimum atomic E-state index is -3.60. The van der Waals surface area contributed by atoms with E-state index in [1.807, 2.05) is 12.1 Å². The van der Waals surface area contributed by atoms with Crippen LogP contribution in [0.4, 0.5) is 11.4 Å². The Morgan fingerprint density at radius 2 is 1.87 bits per heavy atom. The second-order valence-corrected chi connectivity index (χ2v) is 9.52.